The molecule has 3 fully saturated rings. The number of nitrogens with one attached hydrogen (secondary N) is 3. The summed E-state index contributed by atoms with van der Waals surface area (Å²) < 4.78 is 46.6. The molecule has 5 heterocycles. The highest BCUT2D eigenvalue weighted by Gasteiger charge is 2.34. The second-order valence-electron chi connectivity index (χ2n) is 14.5. The number of H-pyrrole nitrogens is 1. The Bertz CT molecular complexity index is 2120. The van der Waals surface area contributed by atoms with Crippen LogP contribution in [0, 0.1) is 11.8 Å². The van der Waals surface area contributed by atoms with Gasteiger partial charge in [0.05, 0.1) is 23.5 Å². The van der Waals surface area contributed by atoms with E-state index in [1.165, 1.54) is 16.8 Å². The average Bonchev–Trinajstić information content (AvgIpc) is 3.63. The lowest BCUT2D eigenvalue weighted by molar-refractivity contribution is -0.274. The van der Waals surface area contributed by atoms with Gasteiger partial charge in [0.2, 0.25) is 11.8 Å². The number of aromatic nitrogens is 3. The highest BCUT2D eigenvalue weighted by molar-refractivity contribution is 6.33. The number of ketones is 1. The molecule has 0 aliphatic carbocycles. The zero-order valence-electron chi connectivity index (χ0n) is 29.7. The molecule has 4 aromatic rings. The Hall–Kier alpha value is -4.89. The number of carbonyl (C=O) groups excluding carboxylic acids is 3. The van der Waals surface area contributed by atoms with Crippen LogP contribution in [0.15, 0.2) is 53.6 Å². The number of pyridine rings is 1. The number of Topliss-reactive ketones (excluding diaryl/α,β-unsaturated/α-hetero) is 1. The topological polar surface area (TPSA) is 142 Å². The van der Waals surface area contributed by atoms with Crippen molar-refractivity contribution in [2.24, 2.45) is 18.9 Å². The highest BCUT2D eigenvalue weighted by atomic mass is 35.5. The molecule has 2 aromatic heterocycles. The molecule has 16 heteroatoms. The number of nitrogens with zero attached hydrogens (tertiary/aromatic N) is 4. The quantitative estimate of drug-likeness (QED) is 0.180. The first-order valence-corrected chi connectivity index (χ1v) is 18.5. The van der Waals surface area contributed by atoms with E-state index in [1.54, 1.807) is 31.4 Å². The molecule has 1 unspecified atom stereocenters. The number of hydrogen-bond acceptors (Lipinski definition) is 9. The molecule has 2 aromatic carbocycles. The molecule has 286 valence electrons. The predicted octanol–water partition coefficient (Wildman–Crippen LogP) is 5.44. The Labute approximate surface area is 314 Å². The lowest BCUT2D eigenvalue weighted by atomic mass is 9.88. The van der Waals surface area contributed by atoms with Crippen molar-refractivity contribution in [2.75, 3.05) is 42.9 Å². The number of halogens is 4. The van der Waals surface area contributed by atoms with Gasteiger partial charge >= 0.3 is 6.36 Å². The fourth-order valence-electron chi connectivity index (χ4n) is 7.83. The largest absolute Gasteiger partial charge is 0.573 e. The van der Waals surface area contributed by atoms with Crippen LogP contribution in [-0.2, 0) is 27.9 Å². The first kappa shape index (κ1) is 37.4. The Morgan fingerprint density at radius 2 is 1.78 bits per heavy atom. The molecule has 12 nitrogen and oxygen atoms in total. The molecule has 7 rings (SSSR count). The number of piperidine rings is 3. The monoisotopic (exact) mass is 767 g/mol. The van der Waals surface area contributed by atoms with Crippen molar-refractivity contribution >= 4 is 51.5 Å². The molecular weight excluding hydrogens is 727 g/mol. The number of anilines is 2. The van der Waals surface area contributed by atoms with Crippen LogP contribution in [0.5, 0.6) is 5.75 Å². The van der Waals surface area contributed by atoms with Gasteiger partial charge in [-0.3, -0.25) is 34.5 Å². The van der Waals surface area contributed by atoms with E-state index < -0.39 is 12.4 Å². The molecule has 3 N–H and O–H groups in total. The first-order chi connectivity index (χ1) is 25.8. The van der Waals surface area contributed by atoms with Crippen LogP contribution in [0.25, 0.3) is 22.0 Å². The van der Waals surface area contributed by atoms with Gasteiger partial charge in [-0.15, -0.1) is 13.2 Å². The van der Waals surface area contributed by atoms with Crippen molar-refractivity contribution < 1.29 is 32.3 Å². The Kier molecular flexibility index (Phi) is 10.7. The number of rotatable bonds is 10. The zero-order valence-corrected chi connectivity index (χ0v) is 30.4. The summed E-state index contributed by atoms with van der Waals surface area (Å²) in [6.45, 7) is 3.05. The zero-order chi connectivity index (χ0) is 38.1. The van der Waals surface area contributed by atoms with E-state index in [0.717, 1.165) is 18.5 Å². The summed E-state index contributed by atoms with van der Waals surface area (Å²) >= 11 is 6.64. The lowest BCUT2D eigenvalue weighted by Crippen LogP contribution is -2.47. The number of amides is 2. The summed E-state index contributed by atoms with van der Waals surface area (Å²) in [5.74, 6) is -0.641. The number of alkyl halides is 3. The van der Waals surface area contributed by atoms with Crippen LogP contribution in [0.2, 0.25) is 5.02 Å². The molecule has 54 heavy (non-hydrogen) atoms. The molecule has 0 bridgehead atoms. The van der Waals surface area contributed by atoms with Gasteiger partial charge in [0.25, 0.3) is 5.56 Å². The number of imide groups is 1. The second-order valence-corrected chi connectivity index (χ2v) is 14.9. The smallest absolute Gasteiger partial charge is 0.405 e. The van der Waals surface area contributed by atoms with E-state index in [-0.39, 0.29) is 52.7 Å². The van der Waals surface area contributed by atoms with E-state index in [2.05, 4.69) is 35.4 Å². The molecule has 0 saturated carbocycles. The summed E-state index contributed by atoms with van der Waals surface area (Å²) in [7, 11) is 1.57. The summed E-state index contributed by atoms with van der Waals surface area (Å²) in [6.07, 6.45) is 2.15. The van der Waals surface area contributed by atoms with Gasteiger partial charge in [0.1, 0.15) is 23.1 Å². The van der Waals surface area contributed by atoms with Gasteiger partial charge in [-0.1, -0.05) is 23.7 Å². The number of fused-ring (bicyclic) bond motifs is 1. The second kappa shape index (κ2) is 15.5. The van der Waals surface area contributed by atoms with Crippen molar-refractivity contribution in [3.63, 3.8) is 0 Å². The molecular formula is C38H41ClF3N7O5. The third-order valence-corrected chi connectivity index (χ3v) is 11.1. The summed E-state index contributed by atoms with van der Waals surface area (Å²) in [5, 5.41) is 13.2. The van der Waals surface area contributed by atoms with E-state index in [9.17, 15) is 32.3 Å². The number of carbonyl (C=O) groups is 3. The molecule has 3 aliphatic heterocycles. The van der Waals surface area contributed by atoms with Crippen LogP contribution in [0.3, 0.4) is 0 Å². The number of aromatic amines is 1. The highest BCUT2D eigenvalue weighted by Crippen LogP contribution is 2.37. The van der Waals surface area contributed by atoms with Crippen LogP contribution in [0.4, 0.5) is 24.5 Å². The maximum atomic E-state index is 13.6. The minimum atomic E-state index is -4.88. The predicted molar refractivity (Wildman–Crippen MR) is 198 cm³/mol. The molecule has 3 aliphatic rings. The van der Waals surface area contributed by atoms with E-state index in [1.807, 2.05) is 12.1 Å². The minimum Gasteiger partial charge on any atom is -0.405 e. The van der Waals surface area contributed by atoms with Crippen molar-refractivity contribution in [3.05, 3.63) is 69.7 Å². The van der Waals surface area contributed by atoms with Gasteiger partial charge in [0, 0.05) is 55.3 Å². The molecule has 0 radical (unpaired) electrons. The van der Waals surface area contributed by atoms with Gasteiger partial charge < -0.3 is 19.5 Å². The van der Waals surface area contributed by atoms with Gasteiger partial charge in [-0.05, 0) is 92.9 Å². The summed E-state index contributed by atoms with van der Waals surface area (Å²) in [5.41, 5.74) is 3.00. The minimum absolute atomic E-state index is 0.0675. The van der Waals surface area contributed by atoms with E-state index in [0.29, 0.717) is 91.2 Å². The van der Waals surface area contributed by atoms with Gasteiger partial charge in [-0.2, -0.15) is 5.10 Å². The fraction of sp³-hybridized carbons (Fsp3) is 0.447. The standard InChI is InChI=1S/C38H41ClF3N7O5/c1-47-20-28(27-19-43-46-35(27)37(47)53)24-2-3-25(33(17-24)54-38(40,41)42)16-22-8-12-48(13-9-22)21-32(50)23-10-14-49(15-11-23)31-6-4-26(18-29(31)39)44-30-5-7-34(51)45-36(30)52/h2-4,6,17-20,22-23,30,44H,5,7-16,21H2,1H3,(H,43,46)(H,45,51,52). The summed E-state index contributed by atoms with van der Waals surface area (Å²) in [4.78, 5) is 53.7. The Morgan fingerprint density at radius 1 is 1.02 bits per heavy atom. The average molecular weight is 768 g/mol. The first-order valence-electron chi connectivity index (χ1n) is 18.1. The third-order valence-electron chi connectivity index (χ3n) is 10.8. The maximum Gasteiger partial charge on any atom is 0.573 e. The van der Waals surface area contributed by atoms with Crippen LogP contribution < -0.4 is 25.8 Å². The normalized spacial score (nSPS) is 19.3. The van der Waals surface area contributed by atoms with Crippen LogP contribution in [0.1, 0.15) is 44.1 Å². The number of aryl methyl sites for hydroxylation is 1. The number of likely N-dealkylation sites (tertiary alicyclic amines) is 1. The van der Waals surface area contributed by atoms with Gasteiger partial charge in [0.15, 0.2) is 0 Å². The van der Waals surface area contributed by atoms with Crippen molar-refractivity contribution in [2.45, 2.75) is 57.3 Å². The van der Waals surface area contributed by atoms with Crippen LogP contribution >= 0.6 is 11.6 Å². The van der Waals surface area contributed by atoms with Gasteiger partial charge in [-0.25, -0.2) is 0 Å². The van der Waals surface area contributed by atoms with E-state index >= 15 is 0 Å². The maximum absolute atomic E-state index is 13.6. The Balaban J connectivity index is 0.910. The van der Waals surface area contributed by atoms with Crippen LogP contribution in [-0.4, -0.2) is 82.4 Å². The van der Waals surface area contributed by atoms with Crippen molar-refractivity contribution in [1.82, 2.24) is 25.0 Å². The molecule has 0 spiro atoms. The fourth-order valence-corrected chi connectivity index (χ4v) is 8.13. The third kappa shape index (κ3) is 8.41. The van der Waals surface area contributed by atoms with Crippen molar-refractivity contribution in [3.8, 4) is 16.9 Å². The number of ether oxygens (including phenoxy) is 1. The molecule has 3 saturated heterocycles. The van der Waals surface area contributed by atoms with E-state index in [4.69, 9.17) is 11.6 Å². The SMILES string of the molecule is Cn1cc(-c2ccc(CC3CCN(CC(=O)C4CCN(c5ccc(NC6CCC(=O)NC6=O)cc5Cl)CC4)CC3)c(OC(F)(F)F)c2)c2cn[nH]c2c1=O. The van der Waals surface area contributed by atoms with Crippen molar-refractivity contribution in [1.29, 1.82) is 0 Å². The Morgan fingerprint density at radius 3 is 2.48 bits per heavy atom. The number of benzene rings is 2. The number of hydrogen-bond donors (Lipinski definition) is 3. The lowest BCUT2D eigenvalue weighted by Gasteiger charge is -2.36. The molecule has 2 amide bonds. The molecule has 1 atom stereocenters. The summed E-state index contributed by atoms with van der Waals surface area (Å²) in [6, 6.07) is 9.81.